The molecule has 2 aromatic rings. The summed E-state index contributed by atoms with van der Waals surface area (Å²) in [5, 5.41) is 0. The van der Waals surface area contributed by atoms with E-state index >= 15 is 0 Å². The van der Waals surface area contributed by atoms with E-state index in [1.54, 1.807) is 14.2 Å². The Morgan fingerprint density at radius 2 is 1.20 bits per heavy atom. The molecule has 0 unspecified atom stereocenters. The minimum absolute atomic E-state index is 0.585. The van der Waals surface area contributed by atoms with Gasteiger partial charge in [0, 0.05) is 14.2 Å². The van der Waals surface area contributed by atoms with Crippen molar-refractivity contribution in [2.24, 2.45) is 0 Å². The molecule has 0 atom stereocenters. The van der Waals surface area contributed by atoms with Crippen molar-refractivity contribution in [3.8, 4) is 0 Å². The predicted molar refractivity (Wildman–Crippen MR) is 82.4 cm³/mol. The lowest BCUT2D eigenvalue weighted by atomic mass is 9.92. The molecule has 0 saturated heterocycles. The molecule has 104 valence electrons. The van der Waals surface area contributed by atoms with Gasteiger partial charge in [-0.15, -0.1) is 0 Å². The zero-order chi connectivity index (χ0) is 14.4. The molecule has 0 bridgehead atoms. The fourth-order valence-corrected chi connectivity index (χ4v) is 2.34. The van der Waals surface area contributed by atoms with Crippen molar-refractivity contribution in [3.63, 3.8) is 0 Å². The minimum atomic E-state index is 0.585. The summed E-state index contributed by atoms with van der Waals surface area (Å²) in [5.74, 6) is 0. The third-order valence-electron chi connectivity index (χ3n) is 3.28. The fourth-order valence-electron chi connectivity index (χ4n) is 2.34. The zero-order valence-electron chi connectivity index (χ0n) is 12.1. The van der Waals surface area contributed by atoms with E-state index in [4.69, 9.17) is 9.47 Å². The van der Waals surface area contributed by atoms with Gasteiger partial charge in [0.1, 0.15) is 0 Å². The van der Waals surface area contributed by atoms with Crippen LogP contribution in [0.25, 0.3) is 5.57 Å². The standard InChI is InChI=1S/C18H20O2/c1-14(17-10-6-4-8-15(17)12-19-2)18-11-7-5-9-16(18)13-20-3/h4-11H,1,12-13H2,2-3H3. The Morgan fingerprint density at radius 1 is 0.800 bits per heavy atom. The normalized spacial score (nSPS) is 10.5. The molecule has 0 amide bonds. The van der Waals surface area contributed by atoms with Crippen LogP contribution in [0.4, 0.5) is 0 Å². The average Bonchev–Trinajstić information content (AvgIpc) is 2.48. The summed E-state index contributed by atoms with van der Waals surface area (Å²) >= 11 is 0. The van der Waals surface area contributed by atoms with E-state index in [1.807, 2.05) is 24.3 Å². The van der Waals surface area contributed by atoms with Crippen molar-refractivity contribution in [1.82, 2.24) is 0 Å². The van der Waals surface area contributed by atoms with Crippen molar-refractivity contribution in [2.45, 2.75) is 13.2 Å². The van der Waals surface area contributed by atoms with Crippen LogP contribution in [0.2, 0.25) is 0 Å². The number of benzene rings is 2. The van der Waals surface area contributed by atoms with Crippen molar-refractivity contribution >= 4 is 5.57 Å². The van der Waals surface area contributed by atoms with Gasteiger partial charge in [0.2, 0.25) is 0 Å². The number of rotatable bonds is 6. The maximum atomic E-state index is 5.27. The van der Waals surface area contributed by atoms with Crippen LogP contribution in [0, 0.1) is 0 Å². The summed E-state index contributed by atoms with van der Waals surface area (Å²) in [7, 11) is 3.41. The minimum Gasteiger partial charge on any atom is -0.380 e. The van der Waals surface area contributed by atoms with E-state index in [-0.39, 0.29) is 0 Å². The van der Waals surface area contributed by atoms with Gasteiger partial charge in [-0.1, -0.05) is 55.1 Å². The van der Waals surface area contributed by atoms with Gasteiger partial charge in [-0.25, -0.2) is 0 Å². The molecule has 0 aliphatic heterocycles. The highest BCUT2D eigenvalue weighted by molar-refractivity contribution is 5.81. The Kier molecular flexibility index (Phi) is 5.10. The van der Waals surface area contributed by atoms with Crippen LogP contribution in [0.1, 0.15) is 22.3 Å². The van der Waals surface area contributed by atoms with Crippen LogP contribution in [-0.4, -0.2) is 14.2 Å². The third kappa shape index (κ3) is 3.16. The number of methoxy groups -OCH3 is 2. The summed E-state index contributed by atoms with van der Waals surface area (Å²) in [6.45, 7) is 5.44. The van der Waals surface area contributed by atoms with Gasteiger partial charge < -0.3 is 9.47 Å². The van der Waals surface area contributed by atoms with E-state index in [9.17, 15) is 0 Å². The maximum absolute atomic E-state index is 5.27. The molecule has 0 aliphatic rings. The second-order valence-electron chi connectivity index (χ2n) is 4.66. The van der Waals surface area contributed by atoms with Crippen LogP contribution in [0.15, 0.2) is 55.1 Å². The van der Waals surface area contributed by atoms with Crippen molar-refractivity contribution in [3.05, 3.63) is 77.4 Å². The highest BCUT2D eigenvalue weighted by Gasteiger charge is 2.10. The van der Waals surface area contributed by atoms with Gasteiger partial charge in [0.05, 0.1) is 13.2 Å². The molecule has 0 heterocycles. The van der Waals surface area contributed by atoms with Crippen LogP contribution < -0.4 is 0 Å². The first-order valence-electron chi connectivity index (χ1n) is 6.61. The first kappa shape index (κ1) is 14.5. The summed E-state index contributed by atoms with van der Waals surface area (Å²) < 4.78 is 10.5. The quantitative estimate of drug-likeness (QED) is 0.787. The summed E-state index contributed by atoms with van der Waals surface area (Å²) in [4.78, 5) is 0. The summed E-state index contributed by atoms with van der Waals surface area (Å²) in [6.07, 6.45) is 0. The van der Waals surface area contributed by atoms with Gasteiger partial charge in [-0.2, -0.15) is 0 Å². The van der Waals surface area contributed by atoms with Crippen molar-refractivity contribution < 1.29 is 9.47 Å². The lowest BCUT2D eigenvalue weighted by Gasteiger charge is -2.15. The number of hydrogen-bond acceptors (Lipinski definition) is 2. The molecular weight excluding hydrogens is 248 g/mol. The van der Waals surface area contributed by atoms with Gasteiger partial charge in [-0.05, 0) is 27.8 Å². The second kappa shape index (κ2) is 7.04. The topological polar surface area (TPSA) is 18.5 Å². The molecule has 0 radical (unpaired) electrons. The average molecular weight is 268 g/mol. The molecule has 0 saturated carbocycles. The lowest BCUT2D eigenvalue weighted by Crippen LogP contribution is -1.99. The van der Waals surface area contributed by atoms with Crippen LogP contribution in [-0.2, 0) is 22.7 Å². The monoisotopic (exact) mass is 268 g/mol. The number of ether oxygens (including phenoxy) is 2. The first-order valence-corrected chi connectivity index (χ1v) is 6.61. The predicted octanol–water partition coefficient (Wildman–Crippen LogP) is 4.04. The van der Waals surface area contributed by atoms with Gasteiger partial charge in [0.25, 0.3) is 0 Å². The first-order chi connectivity index (χ1) is 9.77. The van der Waals surface area contributed by atoms with E-state index in [2.05, 4.69) is 30.8 Å². The van der Waals surface area contributed by atoms with E-state index in [1.165, 1.54) is 0 Å². The highest BCUT2D eigenvalue weighted by Crippen LogP contribution is 2.28. The Morgan fingerprint density at radius 3 is 1.60 bits per heavy atom. The Hall–Kier alpha value is -1.90. The molecule has 2 aromatic carbocycles. The maximum Gasteiger partial charge on any atom is 0.0719 e. The molecule has 2 rings (SSSR count). The van der Waals surface area contributed by atoms with Crippen LogP contribution in [0.3, 0.4) is 0 Å². The van der Waals surface area contributed by atoms with E-state index in [0.717, 1.165) is 27.8 Å². The highest BCUT2D eigenvalue weighted by atomic mass is 16.5. The molecule has 0 aliphatic carbocycles. The molecule has 2 nitrogen and oxygen atoms in total. The molecule has 0 spiro atoms. The zero-order valence-corrected chi connectivity index (χ0v) is 12.1. The lowest BCUT2D eigenvalue weighted by molar-refractivity contribution is 0.184. The third-order valence-corrected chi connectivity index (χ3v) is 3.28. The summed E-state index contributed by atoms with van der Waals surface area (Å²) in [5.41, 5.74) is 5.54. The fraction of sp³-hybridized carbons (Fsp3) is 0.222. The molecule has 0 N–H and O–H groups in total. The van der Waals surface area contributed by atoms with E-state index in [0.29, 0.717) is 13.2 Å². The molecular formula is C18H20O2. The van der Waals surface area contributed by atoms with Gasteiger partial charge in [0.15, 0.2) is 0 Å². The van der Waals surface area contributed by atoms with Crippen molar-refractivity contribution in [2.75, 3.05) is 14.2 Å². The smallest absolute Gasteiger partial charge is 0.0719 e. The molecule has 0 fully saturated rings. The number of hydrogen-bond donors (Lipinski definition) is 0. The van der Waals surface area contributed by atoms with Crippen LogP contribution in [0.5, 0.6) is 0 Å². The molecule has 20 heavy (non-hydrogen) atoms. The molecule has 0 aromatic heterocycles. The van der Waals surface area contributed by atoms with Crippen molar-refractivity contribution in [1.29, 1.82) is 0 Å². The molecule has 2 heteroatoms. The Balaban J connectivity index is 2.41. The van der Waals surface area contributed by atoms with Crippen LogP contribution >= 0.6 is 0 Å². The summed E-state index contributed by atoms with van der Waals surface area (Å²) in [6, 6.07) is 16.4. The SMILES string of the molecule is C=C(c1ccccc1COC)c1ccccc1COC. The van der Waals surface area contributed by atoms with Gasteiger partial charge in [-0.3, -0.25) is 0 Å². The Labute approximate surface area is 120 Å². The van der Waals surface area contributed by atoms with E-state index < -0.39 is 0 Å². The second-order valence-corrected chi connectivity index (χ2v) is 4.66. The Bertz CT molecular complexity index is 536. The largest absolute Gasteiger partial charge is 0.380 e. The van der Waals surface area contributed by atoms with Gasteiger partial charge >= 0.3 is 0 Å².